The highest BCUT2D eigenvalue weighted by Crippen LogP contribution is 2.16. The first-order valence-electron chi connectivity index (χ1n) is 18.8. The van der Waals surface area contributed by atoms with Crippen molar-refractivity contribution in [3.63, 3.8) is 0 Å². The summed E-state index contributed by atoms with van der Waals surface area (Å²) in [5.74, 6) is 0. The Morgan fingerprint density at radius 1 is 0.450 bits per heavy atom. The molecule has 1 atom stereocenters. The molecule has 0 N–H and O–H groups in total. The minimum absolute atomic E-state index is 0.639. The zero-order chi connectivity index (χ0) is 28.8. The predicted octanol–water partition coefficient (Wildman–Crippen LogP) is 13.1. The fourth-order valence-corrected chi connectivity index (χ4v) is 6.25. The fourth-order valence-electron chi connectivity index (χ4n) is 6.25. The Hall–Kier alpha value is -0.790. The molecule has 2 nitrogen and oxygen atoms in total. The Kier molecular flexibility index (Phi) is 27.6. The summed E-state index contributed by atoms with van der Waals surface area (Å²) in [5.41, 5.74) is 0. The monoisotopic (exact) mass is 560 g/mol. The summed E-state index contributed by atoms with van der Waals surface area (Å²) in [6, 6.07) is 0.639. The fraction of sp³-hybridized carbons (Fsp3) is 0.921. The van der Waals surface area contributed by atoms with Crippen molar-refractivity contribution in [1.82, 2.24) is 4.57 Å². The van der Waals surface area contributed by atoms with Crippen molar-refractivity contribution < 1.29 is 4.57 Å². The zero-order valence-corrected chi connectivity index (χ0v) is 28.1. The summed E-state index contributed by atoms with van der Waals surface area (Å²) < 4.78 is 4.87. The summed E-state index contributed by atoms with van der Waals surface area (Å²) in [5, 5.41) is 0. The SMILES string of the molecule is CCCCCCCCCCCCCCCCCn1cc[n+](C(C)CCCCCCCCCCCCCCCC)c1. The molecule has 0 saturated carbocycles. The van der Waals surface area contributed by atoms with Gasteiger partial charge in [-0.15, -0.1) is 0 Å². The van der Waals surface area contributed by atoms with Crippen LogP contribution in [0.15, 0.2) is 18.7 Å². The second-order valence-electron chi connectivity index (χ2n) is 13.3. The smallest absolute Gasteiger partial charge is 0.237 e. The molecule has 0 bridgehead atoms. The highest BCUT2D eigenvalue weighted by atomic mass is 15.1. The second-order valence-corrected chi connectivity index (χ2v) is 13.3. The average Bonchev–Trinajstić information content (AvgIpc) is 3.44. The molecule has 1 unspecified atom stereocenters. The van der Waals surface area contributed by atoms with Gasteiger partial charge < -0.3 is 0 Å². The number of hydrogen-bond donors (Lipinski definition) is 0. The van der Waals surface area contributed by atoms with Crippen LogP contribution in [0.2, 0.25) is 0 Å². The molecule has 0 aliphatic heterocycles. The minimum atomic E-state index is 0.639. The molecule has 0 radical (unpaired) electrons. The van der Waals surface area contributed by atoms with Gasteiger partial charge >= 0.3 is 0 Å². The van der Waals surface area contributed by atoms with E-state index in [9.17, 15) is 0 Å². The number of aryl methyl sites for hydroxylation is 1. The Balaban J connectivity index is 1.86. The number of unbranched alkanes of at least 4 members (excludes halogenated alkanes) is 27. The molecule has 0 amide bonds. The normalized spacial score (nSPS) is 12.4. The van der Waals surface area contributed by atoms with E-state index in [-0.39, 0.29) is 0 Å². The lowest BCUT2D eigenvalue weighted by Crippen LogP contribution is -2.35. The summed E-state index contributed by atoms with van der Waals surface area (Å²) in [6.07, 6.45) is 50.1. The molecular weight excluding hydrogens is 484 g/mol. The van der Waals surface area contributed by atoms with Gasteiger partial charge in [-0.3, -0.25) is 0 Å². The maximum absolute atomic E-state index is 2.45. The Bertz CT molecular complexity index is 606. The van der Waals surface area contributed by atoms with Crippen LogP contribution in [0, 0.1) is 0 Å². The zero-order valence-electron chi connectivity index (χ0n) is 28.1. The number of aromatic nitrogens is 2. The third-order valence-electron chi connectivity index (χ3n) is 9.22. The van der Waals surface area contributed by atoms with Gasteiger partial charge in [-0.2, -0.15) is 0 Å². The van der Waals surface area contributed by atoms with E-state index in [1.807, 2.05) is 0 Å². The highest BCUT2D eigenvalue weighted by molar-refractivity contribution is 4.67. The van der Waals surface area contributed by atoms with Crippen LogP contribution in [0.4, 0.5) is 0 Å². The summed E-state index contributed by atoms with van der Waals surface area (Å²) in [6.45, 7) is 8.20. The molecule has 40 heavy (non-hydrogen) atoms. The van der Waals surface area contributed by atoms with Crippen LogP contribution in [0.25, 0.3) is 0 Å². The lowest BCUT2D eigenvalue weighted by molar-refractivity contribution is -0.720. The number of imidazole rings is 1. The quantitative estimate of drug-likeness (QED) is 0.0613. The number of rotatable bonds is 32. The molecule has 0 aliphatic carbocycles. The lowest BCUT2D eigenvalue weighted by atomic mass is 10.0. The van der Waals surface area contributed by atoms with Gasteiger partial charge in [0.05, 0.1) is 12.6 Å². The van der Waals surface area contributed by atoms with Crippen molar-refractivity contribution in [3.05, 3.63) is 18.7 Å². The predicted molar refractivity (Wildman–Crippen MR) is 179 cm³/mol. The molecule has 1 rings (SSSR count). The second kappa shape index (κ2) is 29.7. The topological polar surface area (TPSA) is 8.81 Å². The first kappa shape index (κ1) is 37.2. The van der Waals surface area contributed by atoms with Gasteiger partial charge in [0.15, 0.2) is 0 Å². The van der Waals surface area contributed by atoms with Gasteiger partial charge in [0.25, 0.3) is 0 Å². The molecule has 1 aromatic heterocycles. The van der Waals surface area contributed by atoms with Gasteiger partial charge in [-0.25, -0.2) is 9.13 Å². The minimum Gasteiger partial charge on any atom is -0.237 e. The lowest BCUT2D eigenvalue weighted by Gasteiger charge is -2.08. The Morgan fingerprint density at radius 3 is 1.15 bits per heavy atom. The standard InChI is InChI=1S/C38H75N2/c1-4-6-8-10-12-14-16-18-20-22-24-26-28-30-32-34-39-35-36-40(37-39)38(3)33-31-29-27-25-23-21-19-17-15-13-11-9-7-5-2/h35-38H,4-34H2,1-3H3/q+1. The molecular formula is C38H75N2+. The van der Waals surface area contributed by atoms with Crippen LogP contribution in [0.3, 0.4) is 0 Å². The molecule has 0 aliphatic rings. The van der Waals surface area contributed by atoms with Crippen molar-refractivity contribution in [2.75, 3.05) is 0 Å². The Morgan fingerprint density at radius 2 is 0.775 bits per heavy atom. The van der Waals surface area contributed by atoms with Crippen molar-refractivity contribution in [1.29, 1.82) is 0 Å². The van der Waals surface area contributed by atoms with Crippen LogP contribution < -0.4 is 4.57 Å². The van der Waals surface area contributed by atoms with Gasteiger partial charge in [-0.05, 0) is 32.6 Å². The van der Waals surface area contributed by atoms with Gasteiger partial charge in [0.1, 0.15) is 12.4 Å². The van der Waals surface area contributed by atoms with E-state index in [4.69, 9.17) is 0 Å². The van der Waals surface area contributed by atoms with E-state index >= 15 is 0 Å². The van der Waals surface area contributed by atoms with Crippen LogP contribution >= 0.6 is 0 Å². The van der Waals surface area contributed by atoms with E-state index in [1.54, 1.807) is 0 Å². The molecule has 1 heterocycles. The molecule has 0 aromatic carbocycles. The highest BCUT2D eigenvalue weighted by Gasteiger charge is 2.11. The summed E-state index contributed by atoms with van der Waals surface area (Å²) >= 11 is 0. The molecule has 1 aromatic rings. The van der Waals surface area contributed by atoms with E-state index < -0.39 is 0 Å². The van der Waals surface area contributed by atoms with Crippen molar-refractivity contribution in [2.24, 2.45) is 0 Å². The van der Waals surface area contributed by atoms with Crippen molar-refractivity contribution in [3.8, 4) is 0 Å². The average molecular weight is 560 g/mol. The van der Waals surface area contributed by atoms with Crippen LogP contribution in [0.5, 0.6) is 0 Å². The molecule has 2 heteroatoms. The molecule has 236 valence electrons. The van der Waals surface area contributed by atoms with Gasteiger partial charge in [0, 0.05) is 0 Å². The largest absolute Gasteiger partial charge is 0.243 e. The Labute approximate surface area is 253 Å². The third-order valence-corrected chi connectivity index (χ3v) is 9.22. The van der Waals surface area contributed by atoms with E-state index in [1.165, 1.54) is 199 Å². The molecule has 0 saturated heterocycles. The summed E-state index contributed by atoms with van der Waals surface area (Å²) in [4.78, 5) is 0. The summed E-state index contributed by atoms with van der Waals surface area (Å²) in [7, 11) is 0. The maximum Gasteiger partial charge on any atom is 0.243 e. The first-order chi connectivity index (χ1) is 19.8. The maximum atomic E-state index is 2.45. The molecule has 0 spiro atoms. The van der Waals surface area contributed by atoms with Crippen LogP contribution in [-0.2, 0) is 6.54 Å². The van der Waals surface area contributed by atoms with Crippen LogP contribution in [-0.4, -0.2) is 4.57 Å². The van der Waals surface area contributed by atoms with Gasteiger partial charge in [0.2, 0.25) is 6.33 Å². The van der Waals surface area contributed by atoms with E-state index in [0.29, 0.717) is 6.04 Å². The van der Waals surface area contributed by atoms with Crippen molar-refractivity contribution in [2.45, 2.75) is 226 Å². The molecule has 0 fully saturated rings. The van der Waals surface area contributed by atoms with Gasteiger partial charge in [-0.1, -0.05) is 181 Å². The van der Waals surface area contributed by atoms with Crippen molar-refractivity contribution >= 4 is 0 Å². The van der Waals surface area contributed by atoms with E-state index in [2.05, 4.69) is 48.6 Å². The number of nitrogens with zero attached hydrogens (tertiary/aromatic N) is 2. The third kappa shape index (κ3) is 23.9. The van der Waals surface area contributed by atoms with Crippen LogP contribution in [0.1, 0.15) is 219 Å². The number of hydrogen-bond acceptors (Lipinski definition) is 0. The van der Waals surface area contributed by atoms with E-state index in [0.717, 1.165) is 0 Å². The first-order valence-corrected chi connectivity index (χ1v) is 18.8.